The molecule has 0 aliphatic carbocycles. The van der Waals surface area contributed by atoms with Crippen LogP contribution in [0.2, 0.25) is 0 Å². The van der Waals surface area contributed by atoms with Gasteiger partial charge in [-0.2, -0.15) is 0 Å². The fraction of sp³-hybridized carbons (Fsp3) is 0.286. The van der Waals surface area contributed by atoms with Gasteiger partial charge in [-0.25, -0.2) is 4.79 Å². The van der Waals surface area contributed by atoms with E-state index in [-0.39, 0.29) is 0 Å². The molecule has 2 aromatic rings. The molecule has 2 aromatic carbocycles. The van der Waals surface area contributed by atoms with Crippen LogP contribution in [0.25, 0.3) is 0 Å². The summed E-state index contributed by atoms with van der Waals surface area (Å²) in [5.41, 5.74) is -0.136. The summed E-state index contributed by atoms with van der Waals surface area (Å²) in [4.78, 5) is 38.6. The molecule has 29 heavy (non-hydrogen) atoms. The number of anilines is 1. The molecule has 8 nitrogen and oxygen atoms in total. The van der Waals surface area contributed by atoms with Gasteiger partial charge in [-0.1, -0.05) is 18.2 Å². The minimum atomic E-state index is -1.25. The van der Waals surface area contributed by atoms with Crippen LogP contribution in [0.4, 0.5) is 10.5 Å². The van der Waals surface area contributed by atoms with Crippen molar-refractivity contribution in [2.75, 3.05) is 25.6 Å². The van der Waals surface area contributed by atoms with E-state index in [1.54, 1.807) is 55.5 Å². The van der Waals surface area contributed by atoms with Gasteiger partial charge in [0.15, 0.2) is 0 Å². The van der Waals surface area contributed by atoms with E-state index in [2.05, 4.69) is 10.6 Å². The number of benzene rings is 2. The van der Waals surface area contributed by atoms with Crippen LogP contribution in [0.15, 0.2) is 48.5 Å². The van der Waals surface area contributed by atoms with Crippen molar-refractivity contribution in [3.8, 4) is 11.5 Å². The lowest BCUT2D eigenvalue weighted by atomic mass is 9.92. The zero-order valence-electron chi connectivity index (χ0n) is 16.5. The van der Waals surface area contributed by atoms with Gasteiger partial charge >= 0.3 is 6.03 Å². The molecule has 4 amide bonds. The van der Waals surface area contributed by atoms with Crippen LogP contribution in [0.5, 0.6) is 11.5 Å². The zero-order chi connectivity index (χ0) is 21.0. The monoisotopic (exact) mass is 397 g/mol. The Balaban J connectivity index is 1.71. The van der Waals surface area contributed by atoms with Gasteiger partial charge in [0, 0.05) is 11.8 Å². The minimum Gasteiger partial charge on any atom is -0.497 e. The molecule has 1 atom stereocenters. The number of ether oxygens (including phenoxy) is 2. The maximum atomic E-state index is 12.9. The molecular formula is C21H23N3O5. The van der Waals surface area contributed by atoms with E-state index < -0.39 is 29.9 Å². The summed E-state index contributed by atoms with van der Waals surface area (Å²) in [5, 5.41) is 5.35. The molecule has 3 rings (SSSR count). The Bertz CT molecular complexity index is 928. The highest BCUT2D eigenvalue weighted by Crippen LogP contribution is 2.30. The highest BCUT2D eigenvalue weighted by atomic mass is 16.5. The summed E-state index contributed by atoms with van der Waals surface area (Å²) in [6.07, 6.45) is 0. The van der Waals surface area contributed by atoms with E-state index in [0.29, 0.717) is 29.4 Å². The van der Waals surface area contributed by atoms with Gasteiger partial charge in [0.1, 0.15) is 23.6 Å². The SMILES string of the molecule is CCOc1ccc([C@]2(C)NC(=O)N(CC(=O)Nc3cccc(OC)c3)C2=O)cc1. The van der Waals surface area contributed by atoms with Crippen LogP contribution in [-0.4, -0.2) is 43.0 Å². The van der Waals surface area contributed by atoms with Crippen LogP contribution >= 0.6 is 0 Å². The van der Waals surface area contributed by atoms with E-state index in [0.717, 1.165) is 4.90 Å². The minimum absolute atomic E-state index is 0.394. The summed E-state index contributed by atoms with van der Waals surface area (Å²) < 4.78 is 10.5. The number of hydrogen-bond donors (Lipinski definition) is 2. The molecule has 0 aromatic heterocycles. The van der Waals surface area contributed by atoms with Crippen LogP contribution in [-0.2, 0) is 15.1 Å². The maximum absolute atomic E-state index is 12.9. The second-order valence-electron chi connectivity index (χ2n) is 6.68. The summed E-state index contributed by atoms with van der Waals surface area (Å²) >= 11 is 0. The van der Waals surface area contributed by atoms with Gasteiger partial charge in [-0.3, -0.25) is 14.5 Å². The van der Waals surface area contributed by atoms with Gasteiger partial charge in [0.2, 0.25) is 5.91 Å². The predicted octanol–water partition coefficient (Wildman–Crippen LogP) is 2.50. The Morgan fingerprint density at radius 1 is 1.14 bits per heavy atom. The lowest BCUT2D eigenvalue weighted by Crippen LogP contribution is -2.42. The van der Waals surface area contributed by atoms with Crippen LogP contribution in [0, 0.1) is 0 Å². The van der Waals surface area contributed by atoms with Crippen molar-refractivity contribution in [2.24, 2.45) is 0 Å². The van der Waals surface area contributed by atoms with E-state index in [4.69, 9.17) is 9.47 Å². The first-order chi connectivity index (χ1) is 13.9. The lowest BCUT2D eigenvalue weighted by molar-refractivity contribution is -0.133. The average molecular weight is 397 g/mol. The number of carbonyl (C=O) groups excluding carboxylic acids is 3. The molecule has 0 saturated carbocycles. The Morgan fingerprint density at radius 2 is 1.86 bits per heavy atom. The number of hydrogen-bond acceptors (Lipinski definition) is 5. The molecule has 2 N–H and O–H groups in total. The molecule has 0 unspecified atom stereocenters. The van der Waals surface area contributed by atoms with Gasteiger partial charge in [-0.15, -0.1) is 0 Å². The summed E-state index contributed by atoms with van der Waals surface area (Å²) in [7, 11) is 1.52. The van der Waals surface area contributed by atoms with Crippen molar-refractivity contribution in [3.05, 3.63) is 54.1 Å². The van der Waals surface area contributed by atoms with Crippen LogP contribution in [0.1, 0.15) is 19.4 Å². The first-order valence-electron chi connectivity index (χ1n) is 9.18. The third-order valence-electron chi connectivity index (χ3n) is 4.67. The first-order valence-corrected chi connectivity index (χ1v) is 9.18. The molecular weight excluding hydrogens is 374 g/mol. The number of carbonyl (C=O) groups is 3. The van der Waals surface area contributed by atoms with E-state index >= 15 is 0 Å². The quantitative estimate of drug-likeness (QED) is 0.700. The second kappa shape index (κ2) is 8.22. The predicted molar refractivity (Wildman–Crippen MR) is 107 cm³/mol. The van der Waals surface area contributed by atoms with Crippen molar-refractivity contribution in [2.45, 2.75) is 19.4 Å². The molecule has 1 saturated heterocycles. The fourth-order valence-corrected chi connectivity index (χ4v) is 3.13. The smallest absolute Gasteiger partial charge is 0.325 e. The van der Waals surface area contributed by atoms with E-state index in [1.165, 1.54) is 7.11 Å². The average Bonchev–Trinajstić information content (AvgIpc) is 2.93. The summed E-state index contributed by atoms with van der Waals surface area (Å²) in [6, 6.07) is 13.1. The largest absolute Gasteiger partial charge is 0.497 e. The van der Waals surface area contributed by atoms with Crippen LogP contribution in [0.3, 0.4) is 0 Å². The van der Waals surface area contributed by atoms with E-state index in [9.17, 15) is 14.4 Å². The van der Waals surface area contributed by atoms with Crippen molar-refractivity contribution in [3.63, 3.8) is 0 Å². The fourth-order valence-electron chi connectivity index (χ4n) is 3.13. The van der Waals surface area contributed by atoms with Gasteiger partial charge < -0.3 is 20.1 Å². The van der Waals surface area contributed by atoms with Crippen molar-refractivity contribution in [1.82, 2.24) is 10.2 Å². The molecule has 0 bridgehead atoms. The van der Waals surface area contributed by atoms with Crippen LogP contribution < -0.4 is 20.1 Å². The highest BCUT2D eigenvalue weighted by Gasteiger charge is 2.49. The molecule has 0 spiro atoms. The molecule has 1 fully saturated rings. The van der Waals surface area contributed by atoms with Crippen molar-refractivity contribution >= 4 is 23.5 Å². The molecule has 0 radical (unpaired) electrons. The number of rotatable bonds is 7. The topological polar surface area (TPSA) is 97.0 Å². The second-order valence-corrected chi connectivity index (χ2v) is 6.68. The third kappa shape index (κ3) is 4.16. The maximum Gasteiger partial charge on any atom is 0.325 e. The number of nitrogens with zero attached hydrogens (tertiary/aromatic N) is 1. The highest BCUT2D eigenvalue weighted by molar-refractivity contribution is 6.10. The van der Waals surface area contributed by atoms with Crippen molar-refractivity contribution in [1.29, 1.82) is 0 Å². The lowest BCUT2D eigenvalue weighted by Gasteiger charge is -2.22. The number of urea groups is 1. The number of methoxy groups -OCH3 is 1. The molecule has 1 aliphatic heterocycles. The third-order valence-corrected chi connectivity index (χ3v) is 4.67. The Labute approximate surface area is 168 Å². The Morgan fingerprint density at radius 3 is 2.52 bits per heavy atom. The molecule has 8 heteroatoms. The Hall–Kier alpha value is -3.55. The molecule has 1 aliphatic rings. The normalized spacial score (nSPS) is 18.4. The standard InChI is InChI=1S/C21H23N3O5/c1-4-29-16-10-8-14(9-11-16)21(2)19(26)24(20(27)23-21)13-18(25)22-15-6-5-7-17(12-15)28-3/h5-12H,4,13H2,1-3H3,(H,22,25)(H,23,27)/t21-/m0/s1. The van der Waals surface area contributed by atoms with Crippen molar-refractivity contribution < 1.29 is 23.9 Å². The van der Waals surface area contributed by atoms with Gasteiger partial charge in [-0.05, 0) is 43.7 Å². The molecule has 152 valence electrons. The van der Waals surface area contributed by atoms with Gasteiger partial charge in [0.05, 0.1) is 13.7 Å². The first kappa shape index (κ1) is 20.2. The number of nitrogens with one attached hydrogen (secondary N) is 2. The summed E-state index contributed by atoms with van der Waals surface area (Å²) in [5.74, 6) is 0.275. The Kier molecular flexibility index (Phi) is 5.72. The van der Waals surface area contributed by atoms with E-state index in [1.807, 2.05) is 6.92 Å². The summed E-state index contributed by atoms with van der Waals surface area (Å²) in [6.45, 7) is 3.63. The van der Waals surface area contributed by atoms with Gasteiger partial charge in [0.25, 0.3) is 5.91 Å². The number of amides is 4. The molecule has 1 heterocycles. The zero-order valence-corrected chi connectivity index (χ0v) is 16.5. The number of imide groups is 1.